The molecule has 28 heavy (non-hydrogen) atoms. The molecular formula is C21H19N5O2. The van der Waals surface area contributed by atoms with E-state index in [0.29, 0.717) is 40.9 Å². The summed E-state index contributed by atoms with van der Waals surface area (Å²) in [6, 6.07) is 18.1. The number of benzene rings is 2. The predicted octanol–water partition coefficient (Wildman–Crippen LogP) is 4.32. The molecule has 0 aliphatic rings. The van der Waals surface area contributed by atoms with Crippen molar-refractivity contribution in [1.29, 1.82) is 5.26 Å². The molecule has 3 rings (SSSR count). The van der Waals surface area contributed by atoms with Crippen LogP contribution in [0.15, 0.2) is 54.6 Å². The molecule has 1 aromatic heterocycles. The number of nitriles is 1. The zero-order valence-electron chi connectivity index (χ0n) is 15.6. The van der Waals surface area contributed by atoms with Crippen molar-refractivity contribution in [3.8, 4) is 6.07 Å². The maximum absolute atomic E-state index is 11.7. The summed E-state index contributed by atoms with van der Waals surface area (Å²) >= 11 is 0. The SMILES string of the molecule is CCOC(=O)c1ccc(Nc2cc(Nc3ccccc3C#N)nc(C)n2)cc1. The fraction of sp³-hybridized carbons (Fsp3) is 0.143. The van der Waals surface area contributed by atoms with Crippen molar-refractivity contribution in [2.24, 2.45) is 0 Å². The lowest BCUT2D eigenvalue weighted by Crippen LogP contribution is -2.05. The second-order valence-corrected chi connectivity index (χ2v) is 5.89. The standard InChI is InChI=1S/C21H19N5O2/c1-3-28-21(27)15-8-10-17(11-9-15)25-19-12-20(24-14(2)23-19)26-18-7-5-4-6-16(18)13-22/h4-12H,3H2,1-2H3,(H2,23,24,25,26). The maximum atomic E-state index is 11.7. The van der Waals surface area contributed by atoms with Crippen molar-refractivity contribution < 1.29 is 9.53 Å². The van der Waals surface area contributed by atoms with Crippen LogP contribution in [0.5, 0.6) is 0 Å². The molecule has 0 aliphatic carbocycles. The number of carbonyl (C=O) groups is 1. The van der Waals surface area contributed by atoms with Crippen LogP contribution >= 0.6 is 0 Å². The van der Waals surface area contributed by atoms with Crippen LogP contribution in [0.3, 0.4) is 0 Å². The fourth-order valence-electron chi connectivity index (χ4n) is 2.58. The van der Waals surface area contributed by atoms with Gasteiger partial charge < -0.3 is 15.4 Å². The summed E-state index contributed by atoms with van der Waals surface area (Å²) in [5.41, 5.74) is 2.46. The first-order valence-electron chi connectivity index (χ1n) is 8.75. The molecule has 0 saturated carbocycles. The zero-order valence-corrected chi connectivity index (χ0v) is 15.6. The summed E-state index contributed by atoms with van der Waals surface area (Å²) in [6.45, 7) is 3.89. The number of nitrogens with one attached hydrogen (secondary N) is 2. The molecule has 0 atom stereocenters. The van der Waals surface area contributed by atoms with Gasteiger partial charge in [-0.1, -0.05) is 12.1 Å². The van der Waals surface area contributed by atoms with E-state index in [9.17, 15) is 10.1 Å². The van der Waals surface area contributed by atoms with Crippen LogP contribution in [0.25, 0.3) is 0 Å². The zero-order chi connectivity index (χ0) is 19.9. The van der Waals surface area contributed by atoms with Gasteiger partial charge in [0.15, 0.2) is 0 Å². The summed E-state index contributed by atoms with van der Waals surface area (Å²) in [6.07, 6.45) is 0. The van der Waals surface area contributed by atoms with Crippen LogP contribution in [0, 0.1) is 18.3 Å². The van der Waals surface area contributed by atoms with Crippen LogP contribution in [0.4, 0.5) is 23.0 Å². The Morgan fingerprint density at radius 2 is 1.75 bits per heavy atom. The fourth-order valence-corrected chi connectivity index (χ4v) is 2.58. The number of hydrogen-bond donors (Lipinski definition) is 2. The van der Waals surface area contributed by atoms with Crippen molar-refractivity contribution in [3.05, 3.63) is 71.5 Å². The van der Waals surface area contributed by atoms with Gasteiger partial charge in [-0.2, -0.15) is 5.26 Å². The van der Waals surface area contributed by atoms with Gasteiger partial charge in [-0.05, 0) is 50.2 Å². The first kappa shape index (κ1) is 18.9. The number of para-hydroxylation sites is 1. The van der Waals surface area contributed by atoms with Crippen molar-refractivity contribution in [2.75, 3.05) is 17.2 Å². The third-order valence-electron chi connectivity index (χ3n) is 3.82. The highest BCUT2D eigenvalue weighted by Crippen LogP contribution is 2.22. The van der Waals surface area contributed by atoms with Gasteiger partial charge in [0.25, 0.3) is 0 Å². The first-order valence-corrected chi connectivity index (χ1v) is 8.75. The van der Waals surface area contributed by atoms with Gasteiger partial charge in [0, 0.05) is 11.8 Å². The average molecular weight is 373 g/mol. The molecule has 2 aromatic carbocycles. The Hall–Kier alpha value is -3.92. The van der Waals surface area contributed by atoms with E-state index in [1.165, 1.54) is 0 Å². The summed E-state index contributed by atoms with van der Waals surface area (Å²) < 4.78 is 4.98. The third-order valence-corrected chi connectivity index (χ3v) is 3.82. The molecule has 0 unspecified atom stereocenters. The van der Waals surface area contributed by atoms with E-state index in [4.69, 9.17) is 4.74 Å². The normalized spacial score (nSPS) is 10.0. The highest BCUT2D eigenvalue weighted by atomic mass is 16.5. The molecule has 0 radical (unpaired) electrons. The van der Waals surface area contributed by atoms with Gasteiger partial charge in [0.2, 0.25) is 0 Å². The number of hydrogen-bond acceptors (Lipinski definition) is 7. The lowest BCUT2D eigenvalue weighted by molar-refractivity contribution is 0.0526. The van der Waals surface area contributed by atoms with Crippen molar-refractivity contribution in [1.82, 2.24) is 9.97 Å². The van der Waals surface area contributed by atoms with E-state index in [-0.39, 0.29) is 5.97 Å². The smallest absolute Gasteiger partial charge is 0.338 e. The van der Waals surface area contributed by atoms with Crippen LogP contribution in [-0.2, 0) is 4.74 Å². The number of rotatable bonds is 6. The second kappa shape index (κ2) is 8.64. The second-order valence-electron chi connectivity index (χ2n) is 5.89. The largest absolute Gasteiger partial charge is 0.462 e. The molecular weight excluding hydrogens is 354 g/mol. The molecule has 0 bridgehead atoms. The van der Waals surface area contributed by atoms with E-state index in [2.05, 4.69) is 26.7 Å². The molecule has 3 aromatic rings. The predicted molar refractivity (Wildman–Crippen MR) is 107 cm³/mol. The maximum Gasteiger partial charge on any atom is 0.338 e. The van der Waals surface area contributed by atoms with Crippen LogP contribution in [0.1, 0.15) is 28.7 Å². The summed E-state index contributed by atoms with van der Waals surface area (Å²) in [5, 5.41) is 15.6. The Balaban J connectivity index is 1.78. The molecule has 7 heteroatoms. The minimum atomic E-state index is -0.352. The van der Waals surface area contributed by atoms with Gasteiger partial charge in [0.05, 0.1) is 23.4 Å². The van der Waals surface area contributed by atoms with Gasteiger partial charge >= 0.3 is 5.97 Å². The molecule has 0 spiro atoms. The van der Waals surface area contributed by atoms with E-state index >= 15 is 0 Å². The molecule has 0 aliphatic heterocycles. The average Bonchev–Trinajstić information content (AvgIpc) is 2.69. The molecule has 0 fully saturated rings. The van der Waals surface area contributed by atoms with Gasteiger partial charge in [-0.15, -0.1) is 0 Å². The summed E-state index contributed by atoms with van der Waals surface area (Å²) in [4.78, 5) is 20.5. The topological polar surface area (TPSA) is 99.9 Å². The minimum absolute atomic E-state index is 0.337. The van der Waals surface area contributed by atoms with Gasteiger partial charge in [-0.3, -0.25) is 0 Å². The minimum Gasteiger partial charge on any atom is -0.462 e. The van der Waals surface area contributed by atoms with E-state index in [0.717, 1.165) is 5.69 Å². The molecule has 140 valence electrons. The highest BCUT2D eigenvalue weighted by Gasteiger charge is 2.08. The highest BCUT2D eigenvalue weighted by molar-refractivity contribution is 5.89. The molecule has 0 saturated heterocycles. The van der Waals surface area contributed by atoms with E-state index < -0.39 is 0 Å². The number of carbonyl (C=O) groups excluding carboxylic acids is 1. The Morgan fingerprint density at radius 1 is 1.07 bits per heavy atom. The molecule has 7 nitrogen and oxygen atoms in total. The Labute approximate surface area is 163 Å². The third kappa shape index (κ3) is 4.62. The summed E-state index contributed by atoms with van der Waals surface area (Å²) in [7, 11) is 0. The Bertz CT molecular complexity index is 1030. The monoisotopic (exact) mass is 373 g/mol. The Morgan fingerprint density at radius 3 is 2.43 bits per heavy atom. The number of aromatic nitrogens is 2. The van der Waals surface area contributed by atoms with Crippen molar-refractivity contribution in [2.45, 2.75) is 13.8 Å². The lowest BCUT2D eigenvalue weighted by atomic mass is 10.2. The number of aryl methyl sites for hydroxylation is 1. The van der Waals surface area contributed by atoms with Gasteiger partial charge in [-0.25, -0.2) is 14.8 Å². The van der Waals surface area contributed by atoms with Gasteiger partial charge in [0.1, 0.15) is 23.5 Å². The Kier molecular flexibility index (Phi) is 5.82. The van der Waals surface area contributed by atoms with Crippen LogP contribution in [0.2, 0.25) is 0 Å². The quantitative estimate of drug-likeness (QED) is 0.621. The number of anilines is 4. The molecule has 1 heterocycles. The first-order chi connectivity index (χ1) is 13.6. The number of esters is 1. The molecule has 2 N–H and O–H groups in total. The van der Waals surface area contributed by atoms with Crippen LogP contribution < -0.4 is 10.6 Å². The van der Waals surface area contributed by atoms with Crippen molar-refractivity contribution in [3.63, 3.8) is 0 Å². The number of nitrogens with zero attached hydrogens (tertiary/aromatic N) is 3. The van der Waals surface area contributed by atoms with E-state index in [1.807, 2.05) is 18.2 Å². The summed E-state index contributed by atoms with van der Waals surface area (Å²) in [5.74, 6) is 1.38. The molecule has 0 amide bonds. The van der Waals surface area contributed by atoms with Crippen molar-refractivity contribution >= 4 is 29.0 Å². The lowest BCUT2D eigenvalue weighted by Gasteiger charge is -2.11. The van der Waals surface area contributed by atoms with Crippen LogP contribution in [-0.4, -0.2) is 22.5 Å². The van der Waals surface area contributed by atoms with E-state index in [1.54, 1.807) is 50.2 Å². The number of ether oxygens (including phenoxy) is 1.